The third-order valence-electron chi connectivity index (χ3n) is 7.79. The summed E-state index contributed by atoms with van der Waals surface area (Å²) in [4.78, 5) is 33.3. The molecule has 8 nitrogen and oxygen atoms in total. The highest BCUT2D eigenvalue weighted by atomic mass is 19.1. The normalized spacial score (nSPS) is 12.6. The number of esters is 1. The van der Waals surface area contributed by atoms with Crippen LogP contribution < -0.4 is 11.1 Å². The maximum absolute atomic E-state index is 14.0. The van der Waals surface area contributed by atoms with Gasteiger partial charge in [0, 0.05) is 49.4 Å². The molecule has 1 amide bonds. The Morgan fingerprint density at radius 3 is 2.30 bits per heavy atom. The quantitative estimate of drug-likeness (QED) is 0.128. The second-order valence-corrected chi connectivity index (χ2v) is 12.0. The van der Waals surface area contributed by atoms with Gasteiger partial charge in [-0.1, -0.05) is 52.0 Å². The fourth-order valence-corrected chi connectivity index (χ4v) is 5.44. The number of rotatable bonds is 16. The van der Waals surface area contributed by atoms with Gasteiger partial charge >= 0.3 is 5.97 Å². The first-order valence-electron chi connectivity index (χ1n) is 16.1. The van der Waals surface area contributed by atoms with Crippen LogP contribution in [0.15, 0.2) is 77.5 Å². The predicted molar refractivity (Wildman–Crippen MR) is 178 cm³/mol. The first-order chi connectivity index (χ1) is 22.6. The van der Waals surface area contributed by atoms with Gasteiger partial charge < -0.3 is 25.1 Å². The van der Waals surface area contributed by atoms with Gasteiger partial charge in [0.15, 0.2) is 0 Å². The number of benzene rings is 3. The molecule has 0 aliphatic rings. The lowest BCUT2D eigenvalue weighted by atomic mass is 10.00. The van der Waals surface area contributed by atoms with Gasteiger partial charge in [-0.25, -0.2) is 18.6 Å². The number of nitrogens with two attached hydrogens (primary N) is 1. The van der Waals surface area contributed by atoms with E-state index >= 15 is 0 Å². The fourth-order valence-electron chi connectivity index (χ4n) is 5.44. The first-order valence-corrected chi connectivity index (χ1v) is 16.1. The average Bonchev–Trinajstić information content (AvgIpc) is 3.59. The summed E-state index contributed by atoms with van der Waals surface area (Å²) in [5, 5.41) is 3.33. The smallest absolute Gasteiger partial charge is 0.338 e. The number of nitrogens with zero attached hydrogens (tertiary/aromatic N) is 2. The lowest BCUT2D eigenvalue weighted by Gasteiger charge is -2.25. The number of hydrogen-bond donors (Lipinski definition) is 2. The van der Waals surface area contributed by atoms with Crippen LogP contribution in [-0.2, 0) is 17.7 Å². The van der Waals surface area contributed by atoms with Crippen molar-refractivity contribution in [1.29, 1.82) is 0 Å². The van der Waals surface area contributed by atoms with Crippen molar-refractivity contribution in [3.8, 4) is 11.5 Å². The number of nitrogens with one attached hydrogen (secondary N) is 1. The van der Waals surface area contributed by atoms with E-state index in [2.05, 4.69) is 36.3 Å². The second kappa shape index (κ2) is 16.9. The Kier molecular flexibility index (Phi) is 12.8. The van der Waals surface area contributed by atoms with Crippen LogP contribution in [0.5, 0.6) is 0 Å². The molecule has 47 heavy (non-hydrogen) atoms. The fraction of sp³-hybridized carbons (Fsp3) is 0.378. The Hall–Kier alpha value is -4.41. The Balaban J connectivity index is 1.61. The Labute approximate surface area is 275 Å². The standard InChI is InChI=1S/C37H44F2N4O4/c1-5-11-43(12-6-2)36(44)29-18-28(35-42-10-13-46-35)19-30(20-29)37(45)47-34(33(40)17-26-15-31(38)21-32(39)16-26)23-41-22-25-8-7-9-27(14-25)24(3)4/h7-10,13-16,18-21,24,33-34,41H,5-6,11-12,17,22-23,40H2,1-4H3. The molecule has 1 aromatic heterocycles. The van der Waals surface area contributed by atoms with Crippen molar-refractivity contribution in [2.45, 2.75) is 71.6 Å². The summed E-state index contributed by atoms with van der Waals surface area (Å²) < 4.78 is 39.5. The van der Waals surface area contributed by atoms with Gasteiger partial charge in [-0.3, -0.25) is 4.79 Å². The monoisotopic (exact) mass is 646 g/mol. The van der Waals surface area contributed by atoms with Gasteiger partial charge in [0.05, 0.1) is 11.8 Å². The molecule has 4 rings (SSSR count). The number of ether oxygens (including phenoxy) is 1. The minimum atomic E-state index is -0.886. The van der Waals surface area contributed by atoms with Crippen molar-refractivity contribution in [1.82, 2.24) is 15.2 Å². The van der Waals surface area contributed by atoms with Crippen molar-refractivity contribution < 1.29 is 27.5 Å². The molecule has 2 unspecified atom stereocenters. The number of halogens is 2. The molecule has 2 atom stereocenters. The molecule has 0 radical (unpaired) electrons. The molecule has 0 fully saturated rings. The predicted octanol–water partition coefficient (Wildman–Crippen LogP) is 6.89. The topological polar surface area (TPSA) is 111 Å². The number of amides is 1. The third kappa shape index (κ3) is 10.0. The number of carbonyl (C=O) groups excluding carboxylic acids is 2. The minimum Gasteiger partial charge on any atom is -0.456 e. The van der Waals surface area contributed by atoms with E-state index in [0.717, 1.165) is 24.5 Å². The van der Waals surface area contributed by atoms with Crippen molar-refractivity contribution in [2.75, 3.05) is 19.6 Å². The molecule has 4 aromatic rings. The summed E-state index contributed by atoms with van der Waals surface area (Å²) in [6, 6.07) is 15.3. The molecule has 250 valence electrons. The van der Waals surface area contributed by atoms with Gasteiger partial charge in [-0.05, 0) is 72.2 Å². The van der Waals surface area contributed by atoms with Crippen LogP contribution in [0, 0.1) is 11.6 Å². The van der Waals surface area contributed by atoms with E-state index in [1.807, 2.05) is 26.0 Å². The molecule has 0 aliphatic heterocycles. The lowest BCUT2D eigenvalue weighted by Crippen LogP contribution is -2.46. The summed E-state index contributed by atoms with van der Waals surface area (Å²) in [7, 11) is 0. The van der Waals surface area contributed by atoms with Crippen LogP contribution in [0.3, 0.4) is 0 Å². The number of carbonyl (C=O) groups is 2. The van der Waals surface area contributed by atoms with E-state index in [4.69, 9.17) is 14.9 Å². The molecule has 0 saturated heterocycles. The molecule has 0 saturated carbocycles. The van der Waals surface area contributed by atoms with Crippen LogP contribution >= 0.6 is 0 Å². The summed E-state index contributed by atoms with van der Waals surface area (Å²) in [5.74, 6) is -1.75. The summed E-state index contributed by atoms with van der Waals surface area (Å²) >= 11 is 0. The van der Waals surface area contributed by atoms with E-state index in [9.17, 15) is 18.4 Å². The van der Waals surface area contributed by atoms with Gasteiger partial charge in [0.2, 0.25) is 5.89 Å². The lowest BCUT2D eigenvalue weighted by molar-refractivity contribution is 0.0238. The molecule has 10 heteroatoms. The molecule has 0 aliphatic carbocycles. The van der Waals surface area contributed by atoms with Crippen molar-refractivity contribution in [3.05, 3.63) is 113 Å². The highest BCUT2D eigenvalue weighted by Crippen LogP contribution is 2.24. The largest absolute Gasteiger partial charge is 0.456 e. The van der Waals surface area contributed by atoms with Gasteiger partial charge in [0.25, 0.3) is 5.91 Å². The minimum absolute atomic E-state index is 0.0558. The van der Waals surface area contributed by atoms with Crippen LogP contribution in [-0.4, -0.2) is 53.5 Å². The molecule has 0 bridgehead atoms. The molecule has 3 aromatic carbocycles. The van der Waals surface area contributed by atoms with E-state index in [1.54, 1.807) is 17.0 Å². The van der Waals surface area contributed by atoms with Gasteiger partial charge in [-0.2, -0.15) is 0 Å². The number of oxazole rings is 1. The Morgan fingerprint density at radius 2 is 1.66 bits per heavy atom. The third-order valence-corrected chi connectivity index (χ3v) is 7.79. The van der Waals surface area contributed by atoms with Crippen LogP contribution in [0.1, 0.15) is 83.9 Å². The maximum Gasteiger partial charge on any atom is 0.338 e. The Bertz CT molecular complexity index is 1600. The average molecular weight is 647 g/mol. The zero-order valence-electron chi connectivity index (χ0n) is 27.5. The van der Waals surface area contributed by atoms with Crippen LogP contribution in [0.2, 0.25) is 0 Å². The molecular formula is C37H44F2N4O4. The van der Waals surface area contributed by atoms with Crippen molar-refractivity contribution in [2.24, 2.45) is 5.73 Å². The number of hydrogen-bond acceptors (Lipinski definition) is 7. The van der Waals surface area contributed by atoms with Crippen LogP contribution in [0.4, 0.5) is 8.78 Å². The zero-order chi connectivity index (χ0) is 33.9. The SMILES string of the molecule is CCCN(CCC)C(=O)c1cc(C(=O)OC(CNCc2cccc(C(C)C)c2)C(N)Cc2cc(F)cc(F)c2)cc(-c2ncco2)c1. The Morgan fingerprint density at radius 1 is 0.957 bits per heavy atom. The molecule has 0 spiro atoms. The molecular weight excluding hydrogens is 602 g/mol. The number of aromatic nitrogens is 1. The van der Waals surface area contributed by atoms with Gasteiger partial charge in [0.1, 0.15) is 24.0 Å². The van der Waals surface area contributed by atoms with Crippen LogP contribution in [0.25, 0.3) is 11.5 Å². The highest BCUT2D eigenvalue weighted by Gasteiger charge is 2.26. The summed E-state index contributed by atoms with van der Waals surface area (Å²) in [6.45, 7) is 10.0. The highest BCUT2D eigenvalue weighted by molar-refractivity contribution is 5.99. The second-order valence-electron chi connectivity index (χ2n) is 12.0. The van der Waals surface area contributed by atoms with Crippen molar-refractivity contribution >= 4 is 11.9 Å². The molecule has 1 heterocycles. The summed E-state index contributed by atoms with van der Waals surface area (Å²) in [5.41, 5.74) is 10.0. The zero-order valence-corrected chi connectivity index (χ0v) is 27.5. The maximum atomic E-state index is 14.0. The van der Waals surface area contributed by atoms with E-state index in [1.165, 1.54) is 36.2 Å². The van der Waals surface area contributed by atoms with Crippen molar-refractivity contribution in [3.63, 3.8) is 0 Å². The van der Waals surface area contributed by atoms with Gasteiger partial charge in [-0.15, -0.1) is 0 Å². The molecule has 3 N–H and O–H groups in total. The first kappa shape index (κ1) is 35.4. The summed E-state index contributed by atoms with van der Waals surface area (Å²) in [6.07, 6.45) is 3.63. The van der Waals surface area contributed by atoms with E-state index < -0.39 is 29.7 Å². The van der Waals surface area contributed by atoms with E-state index in [-0.39, 0.29) is 30.3 Å². The van der Waals surface area contributed by atoms with E-state index in [0.29, 0.717) is 42.2 Å².